The van der Waals surface area contributed by atoms with Crippen LogP contribution in [0.1, 0.15) is 13.3 Å². The minimum absolute atomic E-state index is 0.418. The third-order valence-electron chi connectivity index (χ3n) is 1.66. The van der Waals surface area contributed by atoms with E-state index in [1.165, 1.54) is 5.01 Å². The molecule has 1 rings (SSSR count). The van der Waals surface area contributed by atoms with Crippen molar-refractivity contribution < 1.29 is 0 Å². The normalized spacial score (nSPS) is 9.50. The molecule has 0 aliphatic rings. The highest BCUT2D eigenvalue weighted by molar-refractivity contribution is 5.93. The van der Waals surface area contributed by atoms with Gasteiger partial charge in [0.05, 0.1) is 5.69 Å². The largest absolute Gasteiger partial charge is 0.287 e. The monoisotopic (exact) mass is 163 g/mol. The fourth-order valence-electron chi connectivity index (χ4n) is 0.915. The zero-order valence-corrected chi connectivity index (χ0v) is 7.12. The Labute approximate surface area is 72.3 Å². The minimum Gasteiger partial charge on any atom is -0.287 e. The lowest BCUT2D eigenvalue weighted by Crippen LogP contribution is -2.36. The van der Waals surface area contributed by atoms with E-state index < -0.39 is 0 Å². The molecule has 64 valence electrons. The first-order chi connectivity index (χ1) is 5.75. The Morgan fingerprint density at radius 1 is 1.42 bits per heavy atom. The van der Waals surface area contributed by atoms with Crippen LogP contribution in [0.25, 0.3) is 0 Å². The Balaban J connectivity index is 2.78. The van der Waals surface area contributed by atoms with Crippen LogP contribution < -0.4 is 10.9 Å². The van der Waals surface area contributed by atoms with Crippen molar-refractivity contribution in [2.24, 2.45) is 5.84 Å². The van der Waals surface area contributed by atoms with Gasteiger partial charge in [-0.25, -0.2) is 5.84 Å². The summed E-state index contributed by atoms with van der Waals surface area (Å²) in [5.74, 6) is 6.08. The Kier molecular flexibility index (Phi) is 2.82. The Bertz CT molecular complexity index is 256. The van der Waals surface area contributed by atoms with E-state index in [0.29, 0.717) is 12.3 Å². The van der Waals surface area contributed by atoms with Crippen molar-refractivity contribution in [3.63, 3.8) is 0 Å². The molecule has 3 nitrogen and oxygen atoms in total. The van der Waals surface area contributed by atoms with Crippen molar-refractivity contribution in [2.45, 2.75) is 13.3 Å². The molecule has 3 N–H and O–H groups in total. The third kappa shape index (κ3) is 1.83. The van der Waals surface area contributed by atoms with Gasteiger partial charge >= 0.3 is 0 Å². The molecular weight excluding hydrogens is 150 g/mol. The molecule has 0 bridgehead atoms. The fraction of sp³-hybridized carbons (Fsp3) is 0.222. The van der Waals surface area contributed by atoms with Gasteiger partial charge in [0.25, 0.3) is 0 Å². The first kappa shape index (κ1) is 8.74. The Hall–Kier alpha value is -1.35. The van der Waals surface area contributed by atoms with E-state index in [9.17, 15) is 0 Å². The summed E-state index contributed by atoms with van der Waals surface area (Å²) in [4.78, 5) is 0. The highest BCUT2D eigenvalue weighted by atomic mass is 15.4. The molecule has 0 amide bonds. The van der Waals surface area contributed by atoms with Crippen LogP contribution in [0.5, 0.6) is 0 Å². The van der Waals surface area contributed by atoms with E-state index in [0.717, 1.165) is 5.69 Å². The molecule has 1 aromatic rings. The SMILES string of the molecule is CCC(=N)N(N)c1ccccc1. The fourth-order valence-corrected chi connectivity index (χ4v) is 0.915. The molecule has 0 heterocycles. The smallest absolute Gasteiger partial charge is 0.115 e. The summed E-state index contributed by atoms with van der Waals surface area (Å²) < 4.78 is 0. The lowest BCUT2D eigenvalue weighted by atomic mass is 10.3. The predicted molar refractivity (Wildman–Crippen MR) is 51.1 cm³/mol. The van der Waals surface area contributed by atoms with Gasteiger partial charge in [0.15, 0.2) is 0 Å². The first-order valence-electron chi connectivity index (χ1n) is 3.93. The van der Waals surface area contributed by atoms with E-state index >= 15 is 0 Å². The lowest BCUT2D eigenvalue weighted by molar-refractivity contribution is 1.05. The number of hydrazine groups is 1. The standard InChI is InChI=1S/C9H13N3/c1-2-9(10)12(11)8-6-4-3-5-7-8/h3-7,10H,2,11H2,1H3. The second-order valence-electron chi connectivity index (χ2n) is 2.51. The Morgan fingerprint density at radius 3 is 2.50 bits per heavy atom. The van der Waals surface area contributed by atoms with Crippen LogP contribution in [0.2, 0.25) is 0 Å². The average Bonchev–Trinajstić information content (AvgIpc) is 2.17. The van der Waals surface area contributed by atoms with Crippen LogP contribution in [-0.4, -0.2) is 5.84 Å². The van der Waals surface area contributed by atoms with Crippen LogP contribution in [0, 0.1) is 5.41 Å². The summed E-state index contributed by atoms with van der Waals surface area (Å²) in [5.41, 5.74) is 0.851. The molecule has 1 aromatic carbocycles. The van der Waals surface area contributed by atoms with Gasteiger partial charge < -0.3 is 0 Å². The molecule has 0 aromatic heterocycles. The van der Waals surface area contributed by atoms with Gasteiger partial charge in [-0.05, 0) is 12.1 Å². The molecule has 0 radical (unpaired) electrons. The van der Waals surface area contributed by atoms with Crippen LogP contribution in [-0.2, 0) is 0 Å². The number of amidine groups is 1. The van der Waals surface area contributed by atoms with Crippen molar-refractivity contribution in [3.8, 4) is 0 Å². The van der Waals surface area contributed by atoms with Gasteiger partial charge in [-0.1, -0.05) is 25.1 Å². The van der Waals surface area contributed by atoms with Crippen LogP contribution >= 0.6 is 0 Å². The molecule has 0 unspecified atom stereocenters. The summed E-state index contributed by atoms with van der Waals surface area (Å²) >= 11 is 0. The van der Waals surface area contributed by atoms with E-state index in [1.807, 2.05) is 37.3 Å². The van der Waals surface area contributed by atoms with Crippen LogP contribution in [0.4, 0.5) is 5.69 Å². The van der Waals surface area contributed by atoms with Crippen LogP contribution in [0.3, 0.4) is 0 Å². The second-order valence-corrected chi connectivity index (χ2v) is 2.51. The lowest BCUT2D eigenvalue weighted by Gasteiger charge is -2.17. The molecule has 0 fully saturated rings. The van der Waals surface area contributed by atoms with E-state index in [-0.39, 0.29) is 0 Å². The quantitative estimate of drug-likeness (QED) is 0.302. The number of anilines is 1. The van der Waals surface area contributed by atoms with Crippen molar-refractivity contribution in [3.05, 3.63) is 30.3 Å². The predicted octanol–water partition coefficient (Wildman–Crippen LogP) is 1.75. The summed E-state index contributed by atoms with van der Waals surface area (Å²) in [6, 6.07) is 9.48. The number of nitrogens with two attached hydrogens (primary N) is 1. The molecule has 0 spiro atoms. The van der Waals surface area contributed by atoms with Gasteiger partial charge in [-0.2, -0.15) is 0 Å². The summed E-state index contributed by atoms with van der Waals surface area (Å²) in [7, 11) is 0. The zero-order valence-electron chi connectivity index (χ0n) is 7.12. The third-order valence-corrected chi connectivity index (χ3v) is 1.66. The highest BCUT2D eigenvalue weighted by Gasteiger charge is 2.03. The van der Waals surface area contributed by atoms with Gasteiger partial charge in [0, 0.05) is 6.42 Å². The maximum absolute atomic E-state index is 7.48. The summed E-state index contributed by atoms with van der Waals surface area (Å²) in [6.07, 6.45) is 0.644. The minimum atomic E-state index is 0.418. The topological polar surface area (TPSA) is 53.1 Å². The van der Waals surface area contributed by atoms with Gasteiger partial charge in [-0.3, -0.25) is 10.4 Å². The van der Waals surface area contributed by atoms with Crippen LogP contribution in [0.15, 0.2) is 30.3 Å². The molecule has 0 aliphatic heterocycles. The van der Waals surface area contributed by atoms with Gasteiger partial charge in [0.1, 0.15) is 5.84 Å². The zero-order chi connectivity index (χ0) is 8.97. The van der Waals surface area contributed by atoms with Gasteiger partial charge in [0.2, 0.25) is 0 Å². The number of nitrogens with one attached hydrogen (secondary N) is 1. The molecule has 0 saturated heterocycles. The molecular formula is C9H13N3. The highest BCUT2D eigenvalue weighted by Crippen LogP contribution is 2.09. The number of para-hydroxylation sites is 1. The molecule has 3 heteroatoms. The maximum atomic E-state index is 7.48. The second kappa shape index (κ2) is 3.88. The van der Waals surface area contributed by atoms with E-state index in [2.05, 4.69) is 0 Å². The molecule has 0 aliphatic carbocycles. The summed E-state index contributed by atoms with van der Waals surface area (Å²) in [5, 5.41) is 8.87. The molecule has 0 saturated carbocycles. The number of benzene rings is 1. The number of nitrogens with zero attached hydrogens (tertiary/aromatic N) is 1. The maximum Gasteiger partial charge on any atom is 0.115 e. The first-order valence-corrected chi connectivity index (χ1v) is 3.93. The van der Waals surface area contributed by atoms with E-state index in [1.54, 1.807) is 0 Å². The van der Waals surface area contributed by atoms with Crippen molar-refractivity contribution in [1.82, 2.24) is 0 Å². The number of hydrogen-bond donors (Lipinski definition) is 2. The van der Waals surface area contributed by atoms with Crippen molar-refractivity contribution >= 4 is 11.5 Å². The Morgan fingerprint density at radius 2 is 2.00 bits per heavy atom. The van der Waals surface area contributed by atoms with Crippen molar-refractivity contribution in [1.29, 1.82) is 5.41 Å². The molecule has 12 heavy (non-hydrogen) atoms. The van der Waals surface area contributed by atoms with Gasteiger partial charge in [-0.15, -0.1) is 0 Å². The summed E-state index contributed by atoms with van der Waals surface area (Å²) in [6.45, 7) is 1.91. The van der Waals surface area contributed by atoms with E-state index in [4.69, 9.17) is 11.3 Å². The number of rotatable bonds is 2. The average molecular weight is 163 g/mol. The van der Waals surface area contributed by atoms with Crippen molar-refractivity contribution in [2.75, 3.05) is 5.01 Å². The molecule has 0 atom stereocenters. The number of hydrogen-bond acceptors (Lipinski definition) is 2.